The zero-order valence-electron chi connectivity index (χ0n) is 12.3. The molecule has 5 heteroatoms. The molecule has 0 saturated carbocycles. The molecule has 22 heavy (non-hydrogen) atoms. The second kappa shape index (κ2) is 7.17. The number of nitrogens with zero attached hydrogens (tertiary/aromatic N) is 1. The third kappa shape index (κ3) is 4.28. The van der Waals surface area contributed by atoms with Crippen LogP contribution in [0.2, 0.25) is 0 Å². The topological polar surface area (TPSA) is 71.1 Å². The van der Waals surface area contributed by atoms with Gasteiger partial charge in [-0.25, -0.2) is 0 Å². The predicted molar refractivity (Wildman–Crippen MR) is 85.3 cm³/mol. The lowest BCUT2D eigenvalue weighted by Gasteiger charge is -2.08. The normalized spacial score (nSPS) is 9.86. The van der Waals surface area contributed by atoms with Gasteiger partial charge in [-0.15, -0.1) is 0 Å². The standard InChI is InChI=1S/C17H17N3O2/c1-12(2)16(21)20-15-7-3-5-13(9-15)10-19-17(22)14-6-4-8-18-11-14/h3-9,11H,1,10H2,2H3,(H,19,22)(H,20,21). The number of carbonyl (C=O) groups excluding carboxylic acids is 2. The summed E-state index contributed by atoms with van der Waals surface area (Å²) in [5, 5.41) is 5.55. The minimum atomic E-state index is -0.225. The molecule has 0 spiro atoms. The van der Waals surface area contributed by atoms with Gasteiger partial charge in [-0.2, -0.15) is 0 Å². The molecule has 0 aliphatic heterocycles. The lowest BCUT2D eigenvalue weighted by Crippen LogP contribution is -2.23. The number of aromatic nitrogens is 1. The van der Waals surface area contributed by atoms with Crippen LogP contribution in [0.4, 0.5) is 5.69 Å². The highest BCUT2D eigenvalue weighted by Gasteiger charge is 2.06. The molecule has 1 aromatic carbocycles. The summed E-state index contributed by atoms with van der Waals surface area (Å²) in [6.45, 7) is 5.60. The maximum atomic E-state index is 11.9. The lowest BCUT2D eigenvalue weighted by molar-refractivity contribution is -0.112. The second-order valence-corrected chi connectivity index (χ2v) is 4.86. The van der Waals surface area contributed by atoms with Gasteiger partial charge in [0.2, 0.25) is 0 Å². The highest BCUT2D eigenvalue weighted by molar-refractivity contribution is 6.02. The molecule has 0 fully saturated rings. The van der Waals surface area contributed by atoms with Crippen molar-refractivity contribution in [2.45, 2.75) is 13.5 Å². The van der Waals surface area contributed by atoms with Crippen molar-refractivity contribution in [1.82, 2.24) is 10.3 Å². The van der Waals surface area contributed by atoms with Crippen molar-refractivity contribution in [3.8, 4) is 0 Å². The highest BCUT2D eigenvalue weighted by Crippen LogP contribution is 2.11. The van der Waals surface area contributed by atoms with Crippen molar-refractivity contribution in [1.29, 1.82) is 0 Å². The molecule has 0 unspecified atom stereocenters. The van der Waals surface area contributed by atoms with E-state index in [1.54, 1.807) is 31.3 Å². The summed E-state index contributed by atoms with van der Waals surface area (Å²) in [6.07, 6.45) is 3.13. The Hall–Kier alpha value is -2.95. The van der Waals surface area contributed by atoms with Crippen LogP contribution in [0.25, 0.3) is 0 Å². The smallest absolute Gasteiger partial charge is 0.253 e. The molecule has 1 aromatic heterocycles. The van der Waals surface area contributed by atoms with Crippen molar-refractivity contribution < 1.29 is 9.59 Å². The molecular formula is C17H17N3O2. The van der Waals surface area contributed by atoms with Gasteiger partial charge in [0.1, 0.15) is 0 Å². The Morgan fingerprint density at radius 1 is 1.23 bits per heavy atom. The number of benzene rings is 1. The maximum Gasteiger partial charge on any atom is 0.253 e. The van der Waals surface area contributed by atoms with E-state index >= 15 is 0 Å². The van der Waals surface area contributed by atoms with Crippen LogP contribution in [-0.2, 0) is 11.3 Å². The fourth-order valence-electron chi connectivity index (χ4n) is 1.78. The quantitative estimate of drug-likeness (QED) is 0.833. The van der Waals surface area contributed by atoms with Gasteiger partial charge in [0.05, 0.1) is 5.56 Å². The Morgan fingerprint density at radius 3 is 2.73 bits per heavy atom. The van der Waals surface area contributed by atoms with Gasteiger partial charge in [-0.3, -0.25) is 14.6 Å². The first kappa shape index (κ1) is 15.4. The van der Waals surface area contributed by atoms with Gasteiger partial charge in [0.15, 0.2) is 0 Å². The Bertz CT molecular complexity index is 696. The molecule has 2 rings (SSSR count). The first-order chi connectivity index (χ1) is 10.6. The summed E-state index contributed by atoms with van der Waals surface area (Å²) in [5.74, 6) is -0.416. The van der Waals surface area contributed by atoms with Crippen molar-refractivity contribution >= 4 is 17.5 Å². The largest absolute Gasteiger partial charge is 0.348 e. The Morgan fingerprint density at radius 2 is 2.05 bits per heavy atom. The van der Waals surface area contributed by atoms with Crippen LogP contribution in [0.1, 0.15) is 22.8 Å². The number of anilines is 1. The van der Waals surface area contributed by atoms with E-state index in [1.807, 2.05) is 18.2 Å². The molecule has 2 N–H and O–H groups in total. The van der Waals surface area contributed by atoms with Crippen molar-refractivity contribution in [3.63, 3.8) is 0 Å². The highest BCUT2D eigenvalue weighted by atomic mass is 16.2. The maximum absolute atomic E-state index is 11.9. The fourth-order valence-corrected chi connectivity index (χ4v) is 1.78. The number of carbonyl (C=O) groups is 2. The summed E-state index contributed by atoms with van der Waals surface area (Å²) in [5.41, 5.74) is 2.50. The monoisotopic (exact) mass is 295 g/mol. The van der Waals surface area contributed by atoms with E-state index in [1.165, 1.54) is 6.20 Å². The van der Waals surface area contributed by atoms with Crippen LogP contribution in [0.5, 0.6) is 0 Å². The molecule has 1 heterocycles. The first-order valence-electron chi connectivity index (χ1n) is 6.80. The molecule has 0 saturated heterocycles. The van der Waals surface area contributed by atoms with Gasteiger partial charge in [0, 0.05) is 30.2 Å². The van der Waals surface area contributed by atoms with E-state index in [9.17, 15) is 9.59 Å². The molecule has 2 amide bonds. The summed E-state index contributed by atoms with van der Waals surface area (Å²) < 4.78 is 0. The number of rotatable bonds is 5. The molecule has 0 bridgehead atoms. The molecular weight excluding hydrogens is 278 g/mol. The van der Waals surface area contributed by atoms with E-state index < -0.39 is 0 Å². The van der Waals surface area contributed by atoms with E-state index in [-0.39, 0.29) is 11.8 Å². The minimum absolute atomic E-state index is 0.190. The van der Waals surface area contributed by atoms with E-state index in [4.69, 9.17) is 0 Å². The summed E-state index contributed by atoms with van der Waals surface area (Å²) in [4.78, 5) is 27.4. The molecule has 5 nitrogen and oxygen atoms in total. The second-order valence-electron chi connectivity index (χ2n) is 4.86. The van der Waals surface area contributed by atoms with Crippen LogP contribution < -0.4 is 10.6 Å². The van der Waals surface area contributed by atoms with Gasteiger partial charge >= 0.3 is 0 Å². The Kier molecular flexibility index (Phi) is 5.03. The molecule has 0 aliphatic rings. The van der Waals surface area contributed by atoms with Gasteiger partial charge in [-0.05, 0) is 36.8 Å². The van der Waals surface area contributed by atoms with Crippen LogP contribution in [0.15, 0.2) is 60.9 Å². The Labute approximate surface area is 129 Å². The summed E-state index contributed by atoms with van der Waals surface area (Å²) >= 11 is 0. The number of nitrogens with one attached hydrogen (secondary N) is 2. The molecule has 112 valence electrons. The zero-order valence-corrected chi connectivity index (χ0v) is 12.3. The number of hydrogen-bond acceptors (Lipinski definition) is 3. The van der Waals surface area contributed by atoms with Crippen LogP contribution in [-0.4, -0.2) is 16.8 Å². The summed E-state index contributed by atoms with van der Waals surface area (Å²) in [6, 6.07) is 10.7. The summed E-state index contributed by atoms with van der Waals surface area (Å²) in [7, 11) is 0. The van der Waals surface area contributed by atoms with E-state index in [0.29, 0.717) is 23.4 Å². The van der Waals surface area contributed by atoms with E-state index in [0.717, 1.165) is 5.56 Å². The SMILES string of the molecule is C=C(C)C(=O)Nc1cccc(CNC(=O)c2cccnc2)c1. The molecule has 0 aliphatic carbocycles. The first-order valence-corrected chi connectivity index (χ1v) is 6.80. The number of hydrogen-bond donors (Lipinski definition) is 2. The molecule has 2 aromatic rings. The third-order valence-corrected chi connectivity index (χ3v) is 2.95. The van der Waals surface area contributed by atoms with Crippen LogP contribution in [0.3, 0.4) is 0 Å². The average Bonchev–Trinajstić information content (AvgIpc) is 2.53. The van der Waals surface area contributed by atoms with Gasteiger partial charge in [-0.1, -0.05) is 18.7 Å². The van der Waals surface area contributed by atoms with Gasteiger partial charge < -0.3 is 10.6 Å². The molecule has 0 atom stereocenters. The zero-order chi connectivity index (χ0) is 15.9. The molecule has 0 radical (unpaired) electrons. The number of pyridine rings is 1. The van der Waals surface area contributed by atoms with E-state index in [2.05, 4.69) is 22.2 Å². The van der Waals surface area contributed by atoms with Gasteiger partial charge in [0.25, 0.3) is 11.8 Å². The van der Waals surface area contributed by atoms with Crippen molar-refractivity contribution in [2.24, 2.45) is 0 Å². The number of amides is 2. The van der Waals surface area contributed by atoms with Crippen molar-refractivity contribution in [2.75, 3.05) is 5.32 Å². The predicted octanol–water partition coefficient (Wildman–Crippen LogP) is 2.53. The lowest BCUT2D eigenvalue weighted by atomic mass is 10.2. The van der Waals surface area contributed by atoms with Crippen LogP contribution in [0, 0.1) is 0 Å². The Balaban J connectivity index is 1.97. The average molecular weight is 295 g/mol. The van der Waals surface area contributed by atoms with Crippen LogP contribution >= 0.6 is 0 Å². The fraction of sp³-hybridized carbons (Fsp3) is 0.118. The minimum Gasteiger partial charge on any atom is -0.348 e. The van der Waals surface area contributed by atoms with Crippen molar-refractivity contribution in [3.05, 3.63) is 72.1 Å². The third-order valence-electron chi connectivity index (χ3n) is 2.95.